The van der Waals surface area contributed by atoms with E-state index >= 15 is 0 Å². The predicted octanol–water partition coefficient (Wildman–Crippen LogP) is 3.38. The number of aliphatic imine (C=N–C) groups is 1. The lowest BCUT2D eigenvalue weighted by Gasteiger charge is -2.27. The van der Waals surface area contributed by atoms with Crippen molar-refractivity contribution in [3.8, 4) is 0 Å². The molecule has 4 nitrogen and oxygen atoms in total. The van der Waals surface area contributed by atoms with E-state index in [0.717, 1.165) is 21.4 Å². The lowest BCUT2D eigenvalue weighted by atomic mass is 10.1. The van der Waals surface area contributed by atoms with E-state index in [1.807, 2.05) is 35.4 Å². The SMILES string of the molecule is CS(=O)(=O)c1cccc(N2CN=Cc3cc(Br)ccc32)c1. The third-order valence-electron chi connectivity index (χ3n) is 3.29. The molecule has 0 spiro atoms. The fraction of sp³-hybridized carbons (Fsp3) is 0.133. The lowest BCUT2D eigenvalue weighted by Crippen LogP contribution is -2.22. The van der Waals surface area contributed by atoms with Gasteiger partial charge >= 0.3 is 0 Å². The molecule has 0 saturated heterocycles. The Labute approximate surface area is 132 Å². The molecule has 0 aromatic heterocycles. The second-order valence-corrected chi connectivity index (χ2v) is 7.79. The van der Waals surface area contributed by atoms with Crippen LogP contribution in [0.3, 0.4) is 0 Å². The van der Waals surface area contributed by atoms with Crippen molar-refractivity contribution in [1.29, 1.82) is 0 Å². The normalized spacial score (nSPS) is 14.1. The summed E-state index contributed by atoms with van der Waals surface area (Å²) in [4.78, 5) is 6.65. The van der Waals surface area contributed by atoms with E-state index in [-0.39, 0.29) is 0 Å². The zero-order chi connectivity index (χ0) is 15.0. The van der Waals surface area contributed by atoms with Crippen LogP contribution in [0.1, 0.15) is 5.56 Å². The number of hydrogen-bond donors (Lipinski definition) is 0. The van der Waals surface area contributed by atoms with Gasteiger partial charge in [0.05, 0.1) is 10.6 Å². The van der Waals surface area contributed by atoms with Gasteiger partial charge in [0.25, 0.3) is 0 Å². The molecule has 1 aliphatic rings. The number of hydrogen-bond acceptors (Lipinski definition) is 4. The summed E-state index contributed by atoms with van der Waals surface area (Å²) in [6, 6.07) is 12.9. The summed E-state index contributed by atoms with van der Waals surface area (Å²) in [5.41, 5.74) is 2.83. The molecule has 1 heterocycles. The summed E-state index contributed by atoms with van der Waals surface area (Å²) in [7, 11) is -3.22. The molecule has 6 heteroatoms. The molecular formula is C15H13BrN2O2S. The molecule has 108 valence electrons. The van der Waals surface area contributed by atoms with Crippen molar-refractivity contribution in [2.24, 2.45) is 4.99 Å². The Balaban J connectivity index is 2.09. The van der Waals surface area contributed by atoms with Gasteiger partial charge in [-0.25, -0.2) is 8.42 Å². The Kier molecular flexibility index (Phi) is 3.59. The smallest absolute Gasteiger partial charge is 0.175 e. The largest absolute Gasteiger partial charge is 0.321 e. The molecule has 0 fully saturated rings. The molecule has 0 atom stereocenters. The van der Waals surface area contributed by atoms with E-state index in [2.05, 4.69) is 20.9 Å². The van der Waals surface area contributed by atoms with Crippen LogP contribution >= 0.6 is 15.9 Å². The van der Waals surface area contributed by atoms with Gasteiger partial charge in [0.1, 0.15) is 6.67 Å². The molecule has 0 saturated carbocycles. The van der Waals surface area contributed by atoms with Crippen LogP contribution in [0.4, 0.5) is 11.4 Å². The molecule has 2 aromatic rings. The van der Waals surface area contributed by atoms with E-state index < -0.39 is 9.84 Å². The van der Waals surface area contributed by atoms with Gasteiger partial charge in [0.15, 0.2) is 9.84 Å². The standard InChI is InChI=1S/C15H13BrN2O2S/c1-21(19,20)14-4-2-3-13(8-14)18-10-17-9-11-7-12(16)5-6-15(11)18/h2-9H,10H2,1H3. The van der Waals surface area contributed by atoms with Crippen LogP contribution in [0.5, 0.6) is 0 Å². The number of fused-ring (bicyclic) bond motifs is 1. The summed E-state index contributed by atoms with van der Waals surface area (Å²) in [6.45, 7) is 0.474. The molecule has 0 N–H and O–H groups in total. The first-order valence-electron chi connectivity index (χ1n) is 6.32. The Morgan fingerprint density at radius 2 is 2.00 bits per heavy atom. The van der Waals surface area contributed by atoms with E-state index in [1.165, 1.54) is 6.26 Å². The molecule has 0 aliphatic carbocycles. The van der Waals surface area contributed by atoms with Gasteiger partial charge in [-0.2, -0.15) is 0 Å². The van der Waals surface area contributed by atoms with Crippen molar-refractivity contribution < 1.29 is 8.42 Å². The average Bonchev–Trinajstić information content (AvgIpc) is 2.45. The second-order valence-electron chi connectivity index (χ2n) is 4.85. The Morgan fingerprint density at radius 1 is 1.19 bits per heavy atom. The summed E-state index contributed by atoms with van der Waals surface area (Å²) in [6.07, 6.45) is 3.04. The van der Waals surface area contributed by atoms with Gasteiger partial charge in [0, 0.05) is 28.2 Å². The summed E-state index contributed by atoms with van der Waals surface area (Å²) >= 11 is 3.44. The van der Waals surface area contributed by atoms with Crippen LogP contribution in [0.2, 0.25) is 0 Å². The highest BCUT2D eigenvalue weighted by atomic mass is 79.9. The number of nitrogens with zero attached hydrogens (tertiary/aromatic N) is 2. The number of halogens is 1. The van der Waals surface area contributed by atoms with Gasteiger partial charge in [-0.3, -0.25) is 4.99 Å². The minimum absolute atomic E-state index is 0.313. The Morgan fingerprint density at radius 3 is 2.76 bits per heavy atom. The first kappa shape index (κ1) is 14.3. The van der Waals surface area contributed by atoms with Crippen molar-refractivity contribution in [2.75, 3.05) is 17.8 Å². The van der Waals surface area contributed by atoms with Crippen LogP contribution < -0.4 is 4.90 Å². The topological polar surface area (TPSA) is 49.7 Å². The van der Waals surface area contributed by atoms with Crippen LogP contribution in [-0.2, 0) is 9.84 Å². The number of anilines is 2. The average molecular weight is 365 g/mol. The monoisotopic (exact) mass is 364 g/mol. The first-order chi connectivity index (χ1) is 9.95. The molecule has 2 aromatic carbocycles. The van der Waals surface area contributed by atoms with Crippen molar-refractivity contribution in [2.45, 2.75) is 4.90 Å². The maximum Gasteiger partial charge on any atom is 0.175 e. The zero-order valence-corrected chi connectivity index (χ0v) is 13.7. The summed E-state index contributed by atoms with van der Waals surface area (Å²) in [5.74, 6) is 0. The third kappa shape index (κ3) is 2.87. The van der Waals surface area contributed by atoms with E-state index in [0.29, 0.717) is 11.6 Å². The Hall–Kier alpha value is -1.66. The van der Waals surface area contributed by atoms with E-state index in [4.69, 9.17) is 0 Å². The molecule has 3 rings (SSSR count). The molecule has 21 heavy (non-hydrogen) atoms. The highest BCUT2D eigenvalue weighted by Crippen LogP contribution is 2.32. The van der Waals surface area contributed by atoms with Gasteiger partial charge in [0.2, 0.25) is 0 Å². The maximum absolute atomic E-state index is 11.7. The van der Waals surface area contributed by atoms with Gasteiger partial charge in [-0.15, -0.1) is 0 Å². The van der Waals surface area contributed by atoms with Crippen LogP contribution in [0.25, 0.3) is 0 Å². The number of benzene rings is 2. The summed E-state index contributed by atoms with van der Waals surface area (Å²) in [5, 5.41) is 0. The first-order valence-corrected chi connectivity index (χ1v) is 9.01. The molecule has 0 bridgehead atoms. The predicted molar refractivity (Wildman–Crippen MR) is 88.3 cm³/mol. The molecule has 0 radical (unpaired) electrons. The minimum Gasteiger partial charge on any atom is -0.321 e. The molecule has 0 unspecified atom stereocenters. The molecule has 1 aliphatic heterocycles. The number of sulfone groups is 1. The quantitative estimate of drug-likeness (QED) is 0.820. The zero-order valence-electron chi connectivity index (χ0n) is 11.3. The van der Waals surface area contributed by atoms with Gasteiger partial charge in [-0.05, 0) is 36.4 Å². The highest BCUT2D eigenvalue weighted by molar-refractivity contribution is 9.10. The Bertz CT molecular complexity index is 831. The fourth-order valence-corrected chi connectivity index (χ4v) is 3.31. The molecular weight excluding hydrogens is 352 g/mol. The van der Waals surface area contributed by atoms with Crippen molar-refractivity contribution in [1.82, 2.24) is 0 Å². The third-order valence-corrected chi connectivity index (χ3v) is 4.89. The maximum atomic E-state index is 11.7. The van der Waals surface area contributed by atoms with Crippen molar-refractivity contribution in [3.05, 3.63) is 52.5 Å². The van der Waals surface area contributed by atoms with E-state index in [9.17, 15) is 8.42 Å². The van der Waals surface area contributed by atoms with E-state index in [1.54, 1.807) is 18.2 Å². The fourth-order valence-electron chi connectivity index (χ4n) is 2.27. The summed E-state index contributed by atoms with van der Waals surface area (Å²) < 4.78 is 24.4. The molecule has 0 amide bonds. The van der Waals surface area contributed by atoms with Crippen LogP contribution in [0.15, 0.2) is 56.8 Å². The van der Waals surface area contributed by atoms with Crippen LogP contribution in [0, 0.1) is 0 Å². The van der Waals surface area contributed by atoms with Crippen LogP contribution in [-0.4, -0.2) is 27.6 Å². The lowest BCUT2D eigenvalue weighted by molar-refractivity contribution is 0.602. The highest BCUT2D eigenvalue weighted by Gasteiger charge is 2.17. The van der Waals surface area contributed by atoms with Gasteiger partial charge in [-0.1, -0.05) is 22.0 Å². The number of rotatable bonds is 2. The minimum atomic E-state index is -3.22. The van der Waals surface area contributed by atoms with Gasteiger partial charge < -0.3 is 4.90 Å². The second kappa shape index (κ2) is 5.27. The van der Waals surface area contributed by atoms with Crippen molar-refractivity contribution in [3.63, 3.8) is 0 Å². The van der Waals surface area contributed by atoms with Crippen molar-refractivity contribution >= 4 is 43.4 Å².